The highest BCUT2D eigenvalue weighted by molar-refractivity contribution is 6.74. The zero-order valence-electron chi connectivity index (χ0n) is 13.9. The molecule has 1 aromatic carbocycles. The van der Waals surface area contributed by atoms with Gasteiger partial charge in [-0.1, -0.05) is 58.0 Å². The van der Waals surface area contributed by atoms with Crippen LogP contribution < -0.4 is 0 Å². The third-order valence-electron chi connectivity index (χ3n) is 4.88. The molecule has 1 aromatic rings. The van der Waals surface area contributed by atoms with E-state index in [-0.39, 0.29) is 17.1 Å². The molecule has 0 aliphatic carbocycles. The van der Waals surface area contributed by atoms with Crippen LogP contribution in [0.3, 0.4) is 0 Å². The molecule has 0 radical (unpaired) electrons. The first-order chi connectivity index (χ1) is 9.18. The molecule has 0 saturated heterocycles. The van der Waals surface area contributed by atoms with Crippen LogP contribution in [0.1, 0.15) is 39.7 Å². The van der Waals surface area contributed by atoms with Crippen molar-refractivity contribution in [1.29, 1.82) is 0 Å². The van der Waals surface area contributed by atoms with Crippen molar-refractivity contribution in [2.45, 2.75) is 57.7 Å². The first kappa shape index (κ1) is 17.4. The van der Waals surface area contributed by atoms with Crippen LogP contribution in [0.4, 0.5) is 0 Å². The van der Waals surface area contributed by atoms with E-state index in [1.165, 1.54) is 5.56 Å². The molecule has 0 aromatic heterocycles. The molecule has 0 heterocycles. The predicted molar refractivity (Wildman–Crippen MR) is 88.6 cm³/mol. The van der Waals surface area contributed by atoms with Crippen LogP contribution in [-0.2, 0) is 9.84 Å². The van der Waals surface area contributed by atoms with E-state index in [0.29, 0.717) is 6.61 Å². The van der Waals surface area contributed by atoms with Crippen LogP contribution in [0.5, 0.6) is 0 Å². The largest absolute Gasteiger partial charge is 0.416 e. The standard InChI is InChI=1S/C17H30O2Si/c1-7-17(13-18,15-11-9-8-10-12-15)14-19-20(5,6)16(2,3)4/h8-12,18H,7,13-14H2,1-6H3/t17-/m1/s1. The summed E-state index contributed by atoms with van der Waals surface area (Å²) in [5.41, 5.74) is 0.889. The number of aliphatic hydroxyl groups excluding tert-OH is 1. The van der Waals surface area contributed by atoms with E-state index < -0.39 is 8.32 Å². The monoisotopic (exact) mass is 294 g/mol. The fourth-order valence-electron chi connectivity index (χ4n) is 1.97. The molecule has 0 bridgehead atoms. The number of rotatable bonds is 6. The summed E-state index contributed by atoms with van der Waals surface area (Å²) in [5.74, 6) is 0. The second kappa shape index (κ2) is 6.42. The summed E-state index contributed by atoms with van der Waals surface area (Å²) in [4.78, 5) is 0. The Morgan fingerprint density at radius 3 is 2.05 bits per heavy atom. The second-order valence-electron chi connectivity index (χ2n) is 7.21. The Balaban J connectivity index is 2.95. The van der Waals surface area contributed by atoms with Gasteiger partial charge in [-0.3, -0.25) is 0 Å². The molecule has 0 spiro atoms. The minimum absolute atomic E-state index is 0.127. The van der Waals surface area contributed by atoms with Gasteiger partial charge in [0.2, 0.25) is 0 Å². The lowest BCUT2D eigenvalue weighted by atomic mass is 9.80. The Kier molecular flexibility index (Phi) is 5.59. The molecule has 1 N–H and O–H groups in total. The molecule has 0 saturated carbocycles. The first-order valence-electron chi connectivity index (χ1n) is 7.49. The maximum absolute atomic E-state index is 9.97. The van der Waals surface area contributed by atoms with Crippen molar-refractivity contribution in [3.05, 3.63) is 35.9 Å². The van der Waals surface area contributed by atoms with E-state index in [0.717, 1.165) is 6.42 Å². The smallest absolute Gasteiger partial charge is 0.192 e. The summed E-state index contributed by atoms with van der Waals surface area (Å²) >= 11 is 0. The Bertz CT molecular complexity index is 403. The quantitative estimate of drug-likeness (QED) is 0.790. The van der Waals surface area contributed by atoms with Gasteiger partial charge >= 0.3 is 0 Å². The molecular weight excluding hydrogens is 264 g/mol. The van der Waals surface area contributed by atoms with E-state index >= 15 is 0 Å². The highest BCUT2D eigenvalue weighted by atomic mass is 28.4. The van der Waals surface area contributed by atoms with E-state index in [1.54, 1.807) is 0 Å². The summed E-state index contributed by atoms with van der Waals surface area (Å²) in [6.45, 7) is 14.1. The van der Waals surface area contributed by atoms with Crippen molar-refractivity contribution in [1.82, 2.24) is 0 Å². The summed E-state index contributed by atoms with van der Waals surface area (Å²) < 4.78 is 6.37. The molecule has 0 aliphatic heterocycles. The molecule has 20 heavy (non-hydrogen) atoms. The fourth-order valence-corrected chi connectivity index (χ4v) is 3.04. The van der Waals surface area contributed by atoms with Crippen LogP contribution in [0.2, 0.25) is 18.1 Å². The number of hydrogen-bond donors (Lipinski definition) is 1. The summed E-state index contributed by atoms with van der Waals surface area (Å²) in [6, 6.07) is 10.3. The van der Waals surface area contributed by atoms with Gasteiger partial charge in [-0.25, -0.2) is 0 Å². The van der Waals surface area contributed by atoms with Gasteiger partial charge in [-0.15, -0.1) is 0 Å². The molecule has 0 amide bonds. The van der Waals surface area contributed by atoms with E-state index in [4.69, 9.17) is 4.43 Å². The fraction of sp³-hybridized carbons (Fsp3) is 0.647. The van der Waals surface area contributed by atoms with Gasteiger partial charge in [0.25, 0.3) is 0 Å². The SMILES string of the molecule is CC[C@@](CO)(CO[Si](C)(C)C(C)(C)C)c1ccccc1. The van der Waals surface area contributed by atoms with Gasteiger partial charge in [0, 0.05) is 12.0 Å². The normalized spacial score (nSPS) is 15.9. The highest BCUT2D eigenvalue weighted by Gasteiger charge is 2.40. The number of hydrogen-bond acceptors (Lipinski definition) is 2. The maximum Gasteiger partial charge on any atom is 0.192 e. The minimum atomic E-state index is -1.79. The zero-order chi connectivity index (χ0) is 15.4. The van der Waals surface area contributed by atoms with Crippen LogP contribution in [0, 0.1) is 0 Å². The zero-order valence-corrected chi connectivity index (χ0v) is 14.9. The van der Waals surface area contributed by atoms with Crippen LogP contribution in [0.15, 0.2) is 30.3 Å². The van der Waals surface area contributed by atoms with E-state index in [9.17, 15) is 5.11 Å². The Hall–Kier alpha value is -0.643. The van der Waals surface area contributed by atoms with Crippen LogP contribution >= 0.6 is 0 Å². The maximum atomic E-state index is 9.97. The Labute approximate surface area is 125 Å². The summed E-state index contributed by atoms with van der Waals surface area (Å²) in [7, 11) is -1.79. The molecule has 0 aliphatic rings. The predicted octanol–water partition coefficient (Wildman–Crippen LogP) is 4.35. The topological polar surface area (TPSA) is 29.5 Å². The average molecular weight is 295 g/mol. The minimum Gasteiger partial charge on any atom is -0.416 e. The van der Waals surface area contributed by atoms with Gasteiger partial charge in [0.15, 0.2) is 8.32 Å². The van der Waals surface area contributed by atoms with Crippen molar-refractivity contribution in [2.24, 2.45) is 0 Å². The van der Waals surface area contributed by atoms with Gasteiger partial charge < -0.3 is 9.53 Å². The van der Waals surface area contributed by atoms with Gasteiger partial charge in [-0.05, 0) is 30.1 Å². The molecule has 1 rings (SSSR count). The van der Waals surface area contributed by atoms with Gasteiger partial charge in [-0.2, -0.15) is 0 Å². The summed E-state index contributed by atoms with van der Waals surface area (Å²) in [6.07, 6.45) is 0.877. The second-order valence-corrected chi connectivity index (χ2v) is 12.0. The first-order valence-corrected chi connectivity index (χ1v) is 10.4. The van der Waals surface area contributed by atoms with Crippen molar-refractivity contribution >= 4 is 8.32 Å². The van der Waals surface area contributed by atoms with E-state index in [1.807, 2.05) is 18.2 Å². The molecule has 3 heteroatoms. The Morgan fingerprint density at radius 2 is 1.65 bits per heavy atom. The van der Waals surface area contributed by atoms with Gasteiger partial charge in [0.05, 0.1) is 6.61 Å². The van der Waals surface area contributed by atoms with Crippen molar-refractivity contribution in [3.8, 4) is 0 Å². The lowest BCUT2D eigenvalue weighted by Crippen LogP contribution is -2.46. The molecule has 114 valence electrons. The van der Waals surface area contributed by atoms with Crippen molar-refractivity contribution < 1.29 is 9.53 Å². The lowest BCUT2D eigenvalue weighted by molar-refractivity contribution is 0.117. The van der Waals surface area contributed by atoms with Crippen LogP contribution in [0.25, 0.3) is 0 Å². The lowest BCUT2D eigenvalue weighted by Gasteiger charge is -2.40. The molecular formula is C17H30O2Si. The number of aliphatic hydroxyl groups is 1. The van der Waals surface area contributed by atoms with Crippen LogP contribution in [-0.4, -0.2) is 26.6 Å². The molecule has 1 atom stereocenters. The molecule has 0 unspecified atom stereocenters. The average Bonchev–Trinajstić information content (AvgIpc) is 2.40. The summed E-state index contributed by atoms with van der Waals surface area (Å²) in [5, 5.41) is 10.2. The third kappa shape index (κ3) is 3.71. The number of benzene rings is 1. The van der Waals surface area contributed by atoms with Crippen molar-refractivity contribution in [3.63, 3.8) is 0 Å². The van der Waals surface area contributed by atoms with E-state index in [2.05, 4.69) is 52.9 Å². The molecule has 2 nitrogen and oxygen atoms in total. The third-order valence-corrected chi connectivity index (χ3v) is 9.36. The Morgan fingerprint density at radius 1 is 1.10 bits per heavy atom. The van der Waals surface area contributed by atoms with Gasteiger partial charge in [0.1, 0.15) is 0 Å². The van der Waals surface area contributed by atoms with Crippen molar-refractivity contribution in [2.75, 3.05) is 13.2 Å². The molecule has 0 fully saturated rings. The highest BCUT2D eigenvalue weighted by Crippen LogP contribution is 2.38.